The van der Waals surface area contributed by atoms with Gasteiger partial charge in [0.05, 0.1) is 11.7 Å². The number of nitrogens with zero attached hydrogens (tertiary/aromatic N) is 1. The zero-order chi connectivity index (χ0) is 13.0. The van der Waals surface area contributed by atoms with Gasteiger partial charge in [-0.05, 0) is 19.1 Å². The van der Waals surface area contributed by atoms with E-state index in [1.807, 2.05) is 12.3 Å². The zero-order valence-corrected chi connectivity index (χ0v) is 10.5. The van der Waals surface area contributed by atoms with Crippen molar-refractivity contribution < 1.29 is 13.5 Å². The Morgan fingerprint density at radius 1 is 1.33 bits per heavy atom. The number of rotatable bonds is 5. The van der Waals surface area contributed by atoms with Gasteiger partial charge >= 0.3 is 6.61 Å². The van der Waals surface area contributed by atoms with Crippen LogP contribution in [0.1, 0.15) is 18.0 Å². The Balaban J connectivity index is 2.13. The van der Waals surface area contributed by atoms with Crippen LogP contribution in [0.3, 0.4) is 0 Å². The monoisotopic (exact) mass is 270 g/mol. The van der Waals surface area contributed by atoms with Crippen molar-refractivity contribution in [2.75, 3.05) is 5.32 Å². The Hall–Kier alpha value is -1.69. The minimum atomic E-state index is -2.83. The van der Waals surface area contributed by atoms with Crippen LogP contribution >= 0.6 is 11.3 Å². The maximum atomic E-state index is 12.3. The molecule has 0 radical (unpaired) electrons. The van der Waals surface area contributed by atoms with Gasteiger partial charge in [0.25, 0.3) is 0 Å². The molecule has 1 atom stereocenters. The molecule has 0 bridgehead atoms. The lowest BCUT2D eigenvalue weighted by Gasteiger charge is -2.16. The SMILES string of the molecule is CC(Nc1ccccc1OC(F)F)c1nccs1. The highest BCUT2D eigenvalue weighted by molar-refractivity contribution is 7.09. The van der Waals surface area contributed by atoms with E-state index >= 15 is 0 Å². The molecule has 0 aliphatic carbocycles. The van der Waals surface area contributed by atoms with Gasteiger partial charge in [0.2, 0.25) is 0 Å². The minimum absolute atomic E-state index is 0.0626. The third-order valence-electron chi connectivity index (χ3n) is 2.30. The maximum absolute atomic E-state index is 12.3. The first kappa shape index (κ1) is 12.8. The third kappa shape index (κ3) is 3.16. The first-order valence-electron chi connectivity index (χ1n) is 5.36. The largest absolute Gasteiger partial charge is 0.433 e. The predicted molar refractivity (Wildman–Crippen MR) is 67.2 cm³/mol. The minimum Gasteiger partial charge on any atom is -0.433 e. The van der Waals surface area contributed by atoms with Crippen LogP contribution in [-0.4, -0.2) is 11.6 Å². The van der Waals surface area contributed by atoms with Crippen LogP contribution in [0, 0.1) is 0 Å². The van der Waals surface area contributed by atoms with Gasteiger partial charge in [-0.1, -0.05) is 12.1 Å². The Labute approximate surface area is 107 Å². The van der Waals surface area contributed by atoms with Crippen LogP contribution in [0.5, 0.6) is 5.75 Å². The predicted octanol–water partition coefficient (Wildman–Crippen LogP) is 3.92. The van der Waals surface area contributed by atoms with E-state index in [-0.39, 0.29) is 11.8 Å². The van der Waals surface area contributed by atoms with Crippen LogP contribution in [0.4, 0.5) is 14.5 Å². The van der Waals surface area contributed by atoms with Gasteiger partial charge in [0.15, 0.2) is 0 Å². The first-order chi connectivity index (χ1) is 8.66. The second-order valence-corrected chi connectivity index (χ2v) is 4.54. The van der Waals surface area contributed by atoms with E-state index in [0.29, 0.717) is 5.69 Å². The number of ether oxygens (including phenoxy) is 1. The van der Waals surface area contributed by atoms with Crippen molar-refractivity contribution in [3.05, 3.63) is 40.8 Å². The van der Waals surface area contributed by atoms with Crippen molar-refractivity contribution in [1.29, 1.82) is 0 Å². The molecule has 96 valence electrons. The molecule has 0 saturated heterocycles. The second kappa shape index (κ2) is 5.77. The standard InChI is InChI=1S/C12H12F2N2OS/c1-8(11-15-6-7-18-11)16-9-4-2-3-5-10(9)17-12(13)14/h2-8,12,16H,1H3. The average Bonchev–Trinajstić information content (AvgIpc) is 2.84. The van der Waals surface area contributed by atoms with Crippen LogP contribution in [0.25, 0.3) is 0 Å². The van der Waals surface area contributed by atoms with Gasteiger partial charge < -0.3 is 10.1 Å². The van der Waals surface area contributed by atoms with Gasteiger partial charge in [0, 0.05) is 11.6 Å². The van der Waals surface area contributed by atoms with Crippen molar-refractivity contribution in [1.82, 2.24) is 4.98 Å². The van der Waals surface area contributed by atoms with E-state index in [1.54, 1.807) is 24.4 Å². The number of thiazole rings is 1. The van der Waals surface area contributed by atoms with Crippen molar-refractivity contribution in [3.63, 3.8) is 0 Å². The summed E-state index contributed by atoms with van der Waals surface area (Å²) in [6.45, 7) is -0.916. The van der Waals surface area contributed by atoms with Crippen LogP contribution in [0.2, 0.25) is 0 Å². The molecule has 0 amide bonds. The maximum Gasteiger partial charge on any atom is 0.387 e. The van der Waals surface area contributed by atoms with Crippen molar-refractivity contribution in [2.24, 2.45) is 0 Å². The third-order valence-corrected chi connectivity index (χ3v) is 3.26. The van der Waals surface area contributed by atoms with E-state index < -0.39 is 6.61 Å². The summed E-state index contributed by atoms with van der Waals surface area (Å²) in [5.74, 6) is 0.135. The Kier molecular flexibility index (Phi) is 4.09. The molecule has 1 heterocycles. The summed E-state index contributed by atoms with van der Waals surface area (Å²) < 4.78 is 29.0. The molecule has 6 heteroatoms. The number of hydrogen-bond acceptors (Lipinski definition) is 4. The smallest absolute Gasteiger partial charge is 0.387 e. The molecule has 18 heavy (non-hydrogen) atoms. The quantitative estimate of drug-likeness (QED) is 0.894. The van der Waals surface area contributed by atoms with Gasteiger partial charge in [0.1, 0.15) is 10.8 Å². The zero-order valence-electron chi connectivity index (χ0n) is 9.64. The molecule has 1 aromatic carbocycles. The van der Waals surface area contributed by atoms with Gasteiger partial charge in [-0.3, -0.25) is 0 Å². The highest BCUT2D eigenvalue weighted by atomic mass is 32.1. The number of anilines is 1. The average molecular weight is 270 g/mol. The lowest BCUT2D eigenvalue weighted by molar-refractivity contribution is -0.0493. The van der Waals surface area contributed by atoms with Crippen molar-refractivity contribution in [3.8, 4) is 5.75 Å². The molecule has 1 aromatic heterocycles. The Morgan fingerprint density at radius 2 is 2.11 bits per heavy atom. The molecule has 1 N–H and O–H groups in total. The number of benzene rings is 1. The lowest BCUT2D eigenvalue weighted by Crippen LogP contribution is -2.09. The highest BCUT2D eigenvalue weighted by Crippen LogP contribution is 2.29. The normalized spacial score (nSPS) is 12.4. The first-order valence-corrected chi connectivity index (χ1v) is 6.24. The molecule has 3 nitrogen and oxygen atoms in total. The lowest BCUT2D eigenvalue weighted by atomic mass is 10.2. The van der Waals surface area contributed by atoms with Gasteiger partial charge in [-0.15, -0.1) is 11.3 Å². The summed E-state index contributed by atoms with van der Waals surface area (Å²) in [5, 5.41) is 5.87. The van der Waals surface area contributed by atoms with Crippen molar-refractivity contribution >= 4 is 17.0 Å². The fraction of sp³-hybridized carbons (Fsp3) is 0.250. The summed E-state index contributed by atoms with van der Waals surface area (Å²) in [4.78, 5) is 4.17. The summed E-state index contributed by atoms with van der Waals surface area (Å²) in [6, 6.07) is 6.55. The van der Waals surface area contributed by atoms with Crippen LogP contribution < -0.4 is 10.1 Å². The van der Waals surface area contributed by atoms with E-state index in [9.17, 15) is 8.78 Å². The summed E-state index contributed by atoms with van der Waals surface area (Å²) in [5.41, 5.74) is 0.528. The number of nitrogens with one attached hydrogen (secondary N) is 1. The topological polar surface area (TPSA) is 34.1 Å². The van der Waals surface area contributed by atoms with Crippen molar-refractivity contribution in [2.45, 2.75) is 19.6 Å². The number of para-hydroxylation sites is 2. The van der Waals surface area contributed by atoms with E-state index in [2.05, 4.69) is 15.0 Å². The van der Waals surface area contributed by atoms with E-state index in [4.69, 9.17) is 0 Å². The molecule has 0 saturated carbocycles. The second-order valence-electron chi connectivity index (χ2n) is 3.61. The number of aromatic nitrogens is 1. The molecule has 0 aliphatic heterocycles. The van der Waals surface area contributed by atoms with Crippen LogP contribution in [-0.2, 0) is 0 Å². The molecule has 0 fully saturated rings. The molecular formula is C12H12F2N2OS. The fourth-order valence-electron chi connectivity index (χ4n) is 1.53. The molecule has 2 aromatic rings. The Morgan fingerprint density at radius 3 is 2.78 bits per heavy atom. The van der Waals surface area contributed by atoms with E-state index in [1.165, 1.54) is 17.4 Å². The Bertz CT molecular complexity index is 491. The summed E-state index contributed by atoms with van der Waals surface area (Å²) in [6.07, 6.45) is 1.71. The molecule has 1 unspecified atom stereocenters. The number of alkyl halides is 2. The number of hydrogen-bond donors (Lipinski definition) is 1. The summed E-state index contributed by atoms with van der Waals surface area (Å²) >= 11 is 1.51. The molecule has 0 aliphatic rings. The highest BCUT2D eigenvalue weighted by Gasteiger charge is 2.13. The fourth-order valence-corrected chi connectivity index (χ4v) is 2.17. The number of halogens is 2. The summed E-state index contributed by atoms with van der Waals surface area (Å²) in [7, 11) is 0. The molecule has 2 rings (SSSR count). The van der Waals surface area contributed by atoms with Crippen LogP contribution in [0.15, 0.2) is 35.8 Å². The van der Waals surface area contributed by atoms with Gasteiger partial charge in [-0.25, -0.2) is 4.98 Å². The van der Waals surface area contributed by atoms with E-state index in [0.717, 1.165) is 5.01 Å². The molecule has 0 spiro atoms. The van der Waals surface area contributed by atoms with Gasteiger partial charge in [-0.2, -0.15) is 8.78 Å². The molecular weight excluding hydrogens is 258 g/mol.